The Labute approximate surface area is 190 Å². The molecule has 1 aromatic heterocycles. The van der Waals surface area contributed by atoms with Crippen molar-refractivity contribution in [3.8, 4) is 22.6 Å². The van der Waals surface area contributed by atoms with Crippen LogP contribution in [0, 0.1) is 5.82 Å². The third-order valence-electron chi connectivity index (χ3n) is 5.17. The largest absolute Gasteiger partial charge is 0.549 e. The van der Waals surface area contributed by atoms with Gasteiger partial charge in [-0.05, 0) is 60.5 Å². The molecule has 8 heteroatoms. The van der Waals surface area contributed by atoms with Gasteiger partial charge in [-0.25, -0.2) is 17.8 Å². The number of halogens is 1. The second kappa shape index (κ2) is 8.99. The molecule has 0 spiro atoms. The van der Waals surface area contributed by atoms with Crippen LogP contribution in [0.2, 0.25) is 0 Å². The first-order chi connectivity index (χ1) is 15.7. The highest BCUT2D eigenvalue weighted by Gasteiger charge is 2.25. The molecule has 4 aromatic rings. The van der Waals surface area contributed by atoms with E-state index < -0.39 is 27.5 Å². The van der Waals surface area contributed by atoms with Crippen molar-refractivity contribution in [3.05, 3.63) is 96.1 Å². The maximum absolute atomic E-state index is 13.5. The molecule has 168 valence electrons. The molecule has 1 atom stereocenters. The third kappa shape index (κ3) is 5.01. The minimum absolute atomic E-state index is 0.0552. The molecule has 0 N–H and O–H groups in total. The molecule has 0 aliphatic heterocycles. The van der Waals surface area contributed by atoms with Crippen LogP contribution >= 0.6 is 0 Å². The summed E-state index contributed by atoms with van der Waals surface area (Å²) in [5.41, 5.74) is 2.10. The zero-order valence-corrected chi connectivity index (χ0v) is 18.4. The standard InChI is InChI=1S/C25H20FNO5S/c1-33(30,31)20-13-9-18(10-14-20)23-22(17-7-11-19(26)12-8-17)27-24(32-23)21(25(28)29)15-16-5-3-2-4-6-16/h2-14,21H,15H2,1H3,(H,28,29)/p-1. The summed E-state index contributed by atoms with van der Waals surface area (Å²) in [4.78, 5) is 16.5. The number of carboxylic acid groups (broad SMARTS) is 1. The Morgan fingerprint density at radius 3 is 2.15 bits per heavy atom. The predicted octanol–water partition coefficient (Wildman–Crippen LogP) is 3.63. The van der Waals surface area contributed by atoms with Gasteiger partial charge in [-0.15, -0.1) is 0 Å². The molecule has 0 fully saturated rings. The monoisotopic (exact) mass is 464 g/mol. The molecule has 6 nitrogen and oxygen atoms in total. The Balaban J connectivity index is 1.82. The first kappa shape index (κ1) is 22.4. The number of benzene rings is 3. The first-order valence-electron chi connectivity index (χ1n) is 10.0. The summed E-state index contributed by atoms with van der Waals surface area (Å²) in [6.07, 6.45) is 1.21. The smallest absolute Gasteiger partial charge is 0.204 e. The van der Waals surface area contributed by atoms with Gasteiger partial charge in [0.1, 0.15) is 11.5 Å². The molecule has 0 saturated heterocycles. The highest BCUT2D eigenvalue weighted by atomic mass is 32.2. The molecule has 0 aliphatic rings. The Kier molecular flexibility index (Phi) is 6.11. The SMILES string of the molecule is CS(=O)(=O)c1ccc(-c2oc(C(Cc3ccccc3)C(=O)[O-])nc2-c2ccc(F)cc2)cc1. The van der Waals surface area contributed by atoms with Crippen molar-refractivity contribution < 1.29 is 27.1 Å². The number of aliphatic carboxylic acids is 1. The average molecular weight is 464 g/mol. The van der Waals surface area contributed by atoms with Gasteiger partial charge < -0.3 is 14.3 Å². The number of carbonyl (C=O) groups excluding carboxylic acids is 1. The Morgan fingerprint density at radius 2 is 1.58 bits per heavy atom. The van der Waals surface area contributed by atoms with E-state index in [0.29, 0.717) is 16.8 Å². The number of oxazole rings is 1. The van der Waals surface area contributed by atoms with Gasteiger partial charge in [-0.1, -0.05) is 30.3 Å². The van der Waals surface area contributed by atoms with Gasteiger partial charge in [0.15, 0.2) is 15.6 Å². The molecule has 0 amide bonds. The fourth-order valence-corrected chi connectivity index (χ4v) is 4.09. The number of rotatable bonds is 7. The van der Waals surface area contributed by atoms with Crippen molar-refractivity contribution >= 4 is 15.8 Å². The summed E-state index contributed by atoms with van der Waals surface area (Å²) in [5, 5.41) is 12.0. The topological polar surface area (TPSA) is 100 Å². The van der Waals surface area contributed by atoms with E-state index >= 15 is 0 Å². The lowest BCUT2D eigenvalue weighted by Crippen LogP contribution is -2.31. The molecule has 4 rings (SSSR count). The van der Waals surface area contributed by atoms with Crippen LogP contribution in [-0.4, -0.2) is 25.6 Å². The lowest BCUT2D eigenvalue weighted by Gasteiger charge is -2.14. The van der Waals surface area contributed by atoms with E-state index in [0.717, 1.165) is 11.8 Å². The minimum Gasteiger partial charge on any atom is -0.549 e. The van der Waals surface area contributed by atoms with Crippen molar-refractivity contribution in [2.75, 3.05) is 6.26 Å². The maximum atomic E-state index is 13.5. The van der Waals surface area contributed by atoms with E-state index in [2.05, 4.69) is 4.98 Å². The van der Waals surface area contributed by atoms with Gasteiger partial charge in [-0.3, -0.25) is 0 Å². The van der Waals surface area contributed by atoms with Crippen LogP contribution in [0.25, 0.3) is 22.6 Å². The summed E-state index contributed by atoms with van der Waals surface area (Å²) in [6.45, 7) is 0. The van der Waals surface area contributed by atoms with Gasteiger partial charge >= 0.3 is 0 Å². The Hall–Kier alpha value is -3.78. The zero-order chi connectivity index (χ0) is 23.6. The maximum Gasteiger partial charge on any atom is 0.204 e. The Morgan fingerprint density at radius 1 is 0.970 bits per heavy atom. The number of carbonyl (C=O) groups is 1. The predicted molar refractivity (Wildman–Crippen MR) is 118 cm³/mol. The van der Waals surface area contributed by atoms with Crippen molar-refractivity contribution in [3.63, 3.8) is 0 Å². The van der Waals surface area contributed by atoms with Gasteiger partial charge in [0, 0.05) is 17.4 Å². The molecule has 0 radical (unpaired) electrons. The van der Waals surface area contributed by atoms with E-state index in [1.165, 1.54) is 36.4 Å². The van der Waals surface area contributed by atoms with E-state index in [1.54, 1.807) is 36.4 Å². The van der Waals surface area contributed by atoms with Gasteiger partial charge in [-0.2, -0.15) is 0 Å². The van der Waals surface area contributed by atoms with Crippen LogP contribution in [0.5, 0.6) is 0 Å². The van der Waals surface area contributed by atoms with Crippen molar-refractivity contribution in [1.82, 2.24) is 4.98 Å². The second-order valence-electron chi connectivity index (χ2n) is 7.59. The summed E-state index contributed by atoms with van der Waals surface area (Å²) in [7, 11) is -3.40. The summed E-state index contributed by atoms with van der Waals surface area (Å²) < 4.78 is 43.0. The quantitative estimate of drug-likeness (QED) is 0.414. The van der Waals surface area contributed by atoms with Crippen molar-refractivity contribution in [2.24, 2.45) is 0 Å². The fourth-order valence-electron chi connectivity index (χ4n) is 3.46. The van der Waals surface area contributed by atoms with E-state index in [1.807, 2.05) is 6.07 Å². The van der Waals surface area contributed by atoms with Crippen LogP contribution in [0.4, 0.5) is 4.39 Å². The van der Waals surface area contributed by atoms with Crippen molar-refractivity contribution in [1.29, 1.82) is 0 Å². The molecule has 0 saturated carbocycles. The van der Waals surface area contributed by atoms with E-state index in [-0.39, 0.29) is 23.0 Å². The van der Waals surface area contributed by atoms with Gasteiger partial charge in [0.05, 0.1) is 16.8 Å². The van der Waals surface area contributed by atoms with Crippen LogP contribution < -0.4 is 5.11 Å². The molecule has 1 unspecified atom stereocenters. The van der Waals surface area contributed by atoms with Crippen LogP contribution in [0.1, 0.15) is 17.4 Å². The van der Waals surface area contributed by atoms with Crippen LogP contribution in [0.3, 0.4) is 0 Å². The molecule has 0 bridgehead atoms. The Bertz CT molecular complexity index is 1380. The second-order valence-corrected chi connectivity index (χ2v) is 9.61. The lowest BCUT2D eigenvalue weighted by molar-refractivity contribution is -0.308. The van der Waals surface area contributed by atoms with Crippen molar-refractivity contribution in [2.45, 2.75) is 17.2 Å². The number of hydrogen-bond donors (Lipinski definition) is 0. The first-order valence-corrected chi connectivity index (χ1v) is 11.9. The van der Waals surface area contributed by atoms with Crippen LogP contribution in [-0.2, 0) is 21.1 Å². The average Bonchev–Trinajstić information content (AvgIpc) is 3.23. The van der Waals surface area contributed by atoms with Crippen LogP contribution in [0.15, 0.2) is 88.2 Å². The number of nitrogens with zero attached hydrogens (tertiary/aromatic N) is 1. The molecule has 33 heavy (non-hydrogen) atoms. The van der Waals surface area contributed by atoms with Gasteiger partial charge in [0.25, 0.3) is 0 Å². The number of carboxylic acids is 1. The molecule has 0 aliphatic carbocycles. The highest BCUT2D eigenvalue weighted by molar-refractivity contribution is 7.90. The molecule has 3 aromatic carbocycles. The fraction of sp³-hybridized carbons (Fsp3) is 0.120. The third-order valence-corrected chi connectivity index (χ3v) is 6.30. The van der Waals surface area contributed by atoms with E-state index in [9.17, 15) is 22.7 Å². The number of hydrogen-bond acceptors (Lipinski definition) is 6. The summed E-state index contributed by atoms with van der Waals surface area (Å²) in [5.74, 6) is -2.74. The van der Waals surface area contributed by atoms with Gasteiger partial charge in [0.2, 0.25) is 5.89 Å². The minimum atomic E-state index is -3.40. The number of aromatic nitrogens is 1. The molecular weight excluding hydrogens is 445 g/mol. The summed E-state index contributed by atoms with van der Waals surface area (Å²) >= 11 is 0. The summed E-state index contributed by atoms with van der Waals surface area (Å²) in [6, 6.07) is 20.5. The normalized spacial score (nSPS) is 12.4. The molecule has 1 heterocycles. The molecular formula is C25H19FNO5S-. The highest BCUT2D eigenvalue weighted by Crippen LogP contribution is 2.36. The lowest BCUT2D eigenvalue weighted by atomic mass is 9.99. The zero-order valence-electron chi connectivity index (χ0n) is 17.6. The van der Waals surface area contributed by atoms with E-state index in [4.69, 9.17) is 4.42 Å². The number of sulfone groups is 1.